The second kappa shape index (κ2) is 8.08. The molecular formula is C20H23ClN2O3. The number of rotatable bonds is 3. The summed E-state index contributed by atoms with van der Waals surface area (Å²) in [4.78, 5) is 14.3. The number of hydrogen-bond acceptors (Lipinski definition) is 3. The second-order valence-corrected chi connectivity index (χ2v) is 7.18. The molecule has 0 radical (unpaired) electrons. The van der Waals surface area contributed by atoms with Gasteiger partial charge in [0, 0.05) is 23.8 Å². The van der Waals surface area contributed by atoms with Crippen LogP contribution in [0.25, 0.3) is 11.1 Å². The molecule has 0 unspecified atom stereocenters. The number of nitrogens with one attached hydrogen (secondary N) is 1. The van der Waals surface area contributed by atoms with Gasteiger partial charge in [0.15, 0.2) is 0 Å². The van der Waals surface area contributed by atoms with Crippen molar-refractivity contribution >= 4 is 23.3 Å². The normalized spacial score (nSPS) is 20.5. The summed E-state index contributed by atoms with van der Waals surface area (Å²) < 4.78 is 0. The van der Waals surface area contributed by atoms with Crippen LogP contribution in [0, 0.1) is 0 Å². The monoisotopic (exact) mass is 374 g/mol. The van der Waals surface area contributed by atoms with E-state index in [2.05, 4.69) is 5.32 Å². The standard InChI is InChI=1S/C20H23ClN2O3/c21-17-6-1-4-15(12-17)16-5-2-7-18(13-16)22-19(25)23-10-3-8-20(26,14-24)9-11-23/h1-2,4-7,12-13,24,26H,3,8-11,14H2,(H,22,25)/t20-/m0/s1. The fourth-order valence-corrected chi connectivity index (χ4v) is 3.38. The van der Waals surface area contributed by atoms with Gasteiger partial charge in [0.25, 0.3) is 0 Å². The molecule has 1 aliphatic rings. The molecule has 5 nitrogen and oxygen atoms in total. The van der Waals surface area contributed by atoms with E-state index in [1.165, 1.54) is 0 Å². The van der Waals surface area contributed by atoms with Crippen LogP contribution >= 0.6 is 11.6 Å². The highest BCUT2D eigenvalue weighted by Crippen LogP contribution is 2.26. The lowest BCUT2D eigenvalue weighted by Gasteiger charge is -2.24. The van der Waals surface area contributed by atoms with Crippen molar-refractivity contribution in [1.29, 1.82) is 0 Å². The third kappa shape index (κ3) is 4.55. The maximum Gasteiger partial charge on any atom is 0.321 e. The molecule has 0 aliphatic carbocycles. The highest BCUT2D eigenvalue weighted by Gasteiger charge is 2.30. The molecule has 1 fully saturated rings. The van der Waals surface area contributed by atoms with Crippen LogP contribution in [0.5, 0.6) is 0 Å². The first-order valence-corrected chi connectivity index (χ1v) is 9.12. The average molecular weight is 375 g/mol. The number of anilines is 1. The maximum absolute atomic E-state index is 12.6. The van der Waals surface area contributed by atoms with E-state index in [9.17, 15) is 15.0 Å². The van der Waals surface area contributed by atoms with Gasteiger partial charge < -0.3 is 20.4 Å². The molecule has 1 saturated heterocycles. The van der Waals surface area contributed by atoms with Crippen molar-refractivity contribution in [2.45, 2.75) is 24.9 Å². The summed E-state index contributed by atoms with van der Waals surface area (Å²) in [6.45, 7) is 0.698. The minimum atomic E-state index is -1.08. The average Bonchev–Trinajstić information content (AvgIpc) is 2.84. The van der Waals surface area contributed by atoms with Crippen molar-refractivity contribution in [3.8, 4) is 11.1 Å². The molecule has 1 atom stereocenters. The Kier molecular flexibility index (Phi) is 5.81. The number of carbonyl (C=O) groups excluding carboxylic acids is 1. The van der Waals surface area contributed by atoms with Crippen molar-refractivity contribution < 1.29 is 15.0 Å². The Morgan fingerprint density at radius 2 is 1.85 bits per heavy atom. The number of likely N-dealkylation sites (tertiary alicyclic amines) is 1. The Balaban J connectivity index is 1.69. The van der Waals surface area contributed by atoms with Crippen LogP contribution in [0.15, 0.2) is 48.5 Å². The first-order valence-electron chi connectivity index (χ1n) is 8.74. The molecule has 6 heteroatoms. The highest BCUT2D eigenvalue weighted by molar-refractivity contribution is 6.30. The zero-order valence-electron chi connectivity index (χ0n) is 14.5. The van der Waals surface area contributed by atoms with Crippen molar-refractivity contribution in [3.63, 3.8) is 0 Å². The minimum absolute atomic E-state index is 0.199. The van der Waals surface area contributed by atoms with Gasteiger partial charge in [0.05, 0.1) is 12.2 Å². The Hall–Kier alpha value is -2.08. The molecular weight excluding hydrogens is 352 g/mol. The number of amides is 2. The molecule has 2 aromatic carbocycles. The molecule has 1 aliphatic heterocycles. The number of hydrogen-bond donors (Lipinski definition) is 3. The van der Waals surface area contributed by atoms with Gasteiger partial charge in [-0.3, -0.25) is 0 Å². The van der Waals surface area contributed by atoms with E-state index in [1.54, 1.807) is 4.90 Å². The zero-order valence-corrected chi connectivity index (χ0v) is 15.2. The SMILES string of the molecule is O=C(Nc1cccc(-c2cccc(Cl)c2)c1)N1CCC[C@@](O)(CO)CC1. The second-order valence-electron chi connectivity index (χ2n) is 6.74. The van der Waals surface area contributed by atoms with E-state index >= 15 is 0 Å². The molecule has 26 heavy (non-hydrogen) atoms. The van der Waals surface area contributed by atoms with Crippen LogP contribution in [0.4, 0.5) is 10.5 Å². The van der Waals surface area contributed by atoms with Crippen LogP contribution in [0.3, 0.4) is 0 Å². The van der Waals surface area contributed by atoms with E-state index in [-0.39, 0.29) is 12.6 Å². The third-order valence-electron chi connectivity index (χ3n) is 4.77. The van der Waals surface area contributed by atoms with Gasteiger partial charge in [-0.25, -0.2) is 4.79 Å². The maximum atomic E-state index is 12.6. The Bertz CT molecular complexity index is 783. The topological polar surface area (TPSA) is 72.8 Å². The Morgan fingerprint density at radius 1 is 1.12 bits per heavy atom. The van der Waals surface area contributed by atoms with Crippen LogP contribution in [0.1, 0.15) is 19.3 Å². The summed E-state index contributed by atoms with van der Waals surface area (Å²) in [6.07, 6.45) is 1.53. The van der Waals surface area contributed by atoms with Gasteiger partial charge in [0.2, 0.25) is 0 Å². The van der Waals surface area contributed by atoms with E-state index < -0.39 is 5.60 Å². The molecule has 0 bridgehead atoms. The number of urea groups is 1. The predicted molar refractivity (Wildman–Crippen MR) is 103 cm³/mol. The lowest BCUT2D eigenvalue weighted by molar-refractivity contribution is -0.0247. The Labute approximate surface area is 158 Å². The van der Waals surface area contributed by atoms with Crippen LogP contribution in [-0.2, 0) is 0 Å². The summed E-state index contributed by atoms with van der Waals surface area (Å²) in [5, 5.41) is 23.1. The van der Waals surface area contributed by atoms with Crippen molar-refractivity contribution in [3.05, 3.63) is 53.6 Å². The lowest BCUT2D eigenvalue weighted by Crippen LogP contribution is -2.38. The van der Waals surface area contributed by atoms with Gasteiger partial charge in [-0.15, -0.1) is 0 Å². The molecule has 0 spiro atoms. The number of nitrogens with zero attached hydrogens (tertiary/aromatic N) is 1. The van der Waals surface area contributed by atoms with Crippen LogP contribution in [0.2, 0.25) is 5.02 Å². The van der Waals surface area contributed by atoms with Crippen LogP contribution < -0.4 is 5.32 Å². The first-order chi connectivity index (χ1) is 12.5. The van der Waals surface area contributed by atoms with Gasteiger partial charge in [0.1, 0.15) is 0 Å². The number of aliphatic hydroxyl groups excluding tert-OH is 1. The molecule has 1 heterocycles. The van der Waals surface area contributed by atoms with Gasteiger partial charge >= 0.3 is 6.03 Å². The van der Waals surface area contributed by atoms with Gasteiger partial charge in [-0.05, 0) is 54.7 Å². The molecule has 3 rings (SSSR count). The highest BCUT2D eigenvalue weighted by atomic mass is 35.5. The summed E-state index contributed by atoms with van der Waals surface area (Å²) in [7, 11) is 0. The summed E-state index contributed by atoms with van der Waals surface area (Å²) >= 11 is 6.06. The fourth-order valence-electron chi connectivity index (χ4n) is 3.19. The lowest BCUT2D eigenvalue weighted by atomic mass is 9.96. The molecule has 0 aromatic heterocycles. The van der Waals surface area contributed by atoms with E-state index in [4.69, 9.17) is 11.6 Å². The number of carbonyl (C=O) groups is 1. The van der Waals surface area contributed by atoms with E-state index in [0.29, 0.717) is 43.1 Å². The Morgan fingerprint density at radius 3 is 2.58 bits per heavy atom. The number of benzene rings is 2. The molecule has 2 aromatic rings. The largest absolute Gasteiger partial charge is 0.393 e. The minimum Gasteiger partial charge on any atom is -0.393 e. The summed E-state index contributed by atoms with van der Waals surface area (Å²) in [6, 6.07) is 15.0. The summed E-state index contributed by atoms with van der Waals surface area (Å²) in [5.41, 5.74) is 1.57. The number of halogens is 1. The molecule has 2 amide bonds. The quantitative estimate of drug-likeness (QED) is 0.766. The number of aliphatic hydroxyl groups is 2. The molecule has 138 valence electrons. The van der Waals surface area contributed by atoms with Gasteiger partial charge in [-0.2, -0.15) is 0 Å². The fraction of sp³-hybridized carbons (Fsp3) is 0.350. The zero-order chi connectivity index (χ0) is 18.6. The third-order valence-corrected chi connectivity index (χ3v) is 5.01. The predicted octanol–water partition coefficient (Wildman–Crippen LogP) is 3.75. The van der Waals surface area contributed by atoms with Crippen LogP contribution in [-0.4, -0.2) is 46.4 Å². The summed E-state index contributed by atoms with van der Waals surface area (Å²) in [5.74, 6) is 0. The smallest absolute Gasteiger partial charge is 0.321 e. The van der Waals surface area contributed by atoms with E-state index in [0.717, 1.165) is 11.1 Å². The first kappa shape index (κ1) is 18.7. The molecule has 3 N–H and O–H groups in total. The van der Waals surface area contributed by atoms with Crippen molar-refractivity contribution in [1.82, 2.24) is 4.90 Å². The van der Waals surface area contributed by atoms with Gasteiger partial charge in [-0.1, -0.05) is 35.9 Å². The van der Waals surface area contributed by atoms with Crippen molar-refractivity contribution in [2.75, 3.05) is 25.0 Å². The van der Waals surface area contributed by atoms with Crippen molar-refractivity contribution in [2.24, 2.45) is 0 Å². The van der Waals surface area contributed by atoms with E-state index in [1.807, 2.05) is 48.5 Å². The molecule has 0 saturated carbocycles.